The highest BCUT2D eigenvalue weighted by Gasteiger charge is 2.20. The quantitative estimate of drug-likeness (QED) is 0.556. The standard InChI is InChI=1S/C16H22N2O5S/c1-3-5-9-14(16(20)21)17-15(19)12-7-6-8-13(11-12)18-24(22,23)10-4-2/h3,6-8,11,14,18H,1,4-5,9-10H2,2H3,(H,17,19)(H,20,21). The fraction of sp³-hybridized carbons (Fsp3) is 0.375. The van der Waals surface area contributed by atoms with Crippen LogP contribution < -0.4 is 10.0 Å². The molecule has 24 heavy (non-hydrogen) atoms. The predicted molar refractivity (Wildman–Crippen MR) is 92.5 cm³/mol. The first kappa shape index (κ1) is 19.7. The highest BCUT2D eigenvalue weighted by Crippen LogP contribution is 2.13. The number of amides is 1. The largest absolute Gasteiger partial charge is 0.480 e. The molecule has 0 radical (unpaired) electrons. The van der Waals surface area contributed by atoms with E-state index in [9.17, 15) is 18.0 Å². The van der Waals surface area contributed by atoms with E-state index in [1.807, 2.05) is 0 Å². The molecular weight excluding hydrogens is 332 g/mol. The predicted octanol–water partition coefficient (Wildman–Crippen LogP) is 1.99. The first-order valence-electron chi connectivity index (χ1n) is 7.54. The zero-order valence-electron chi connectivity index (χ0n) is 13.5. The van der Waals surface area contributed by atoms with Gasteiger partial charge in [-0.3, -0.25) is 9.52 Å². The van der Waals surface area contributed by atoms with Crippen molar-refractivity contribution < 1.29 is 23.1 Å². The van der Waals surface area contributed by atoms with E-state index in [0.29, 0.717) is 12.8 Å². The molecule has 0 bridgehead atoms. The van der Waals surface area contributed by atoms with Crippen LogP contribution in [-0.2, 0) is 14.8 Å². The molecule has 1 atom stereocenters. The van der Waals surface area contributed by atoms with Crippen molar-refractivity contribution in [1.29, 1.82) is 0 Å². The summed E-state index contributed by atoms with van der Waals surface area (Å²) in [4.78, 5) is 23.3. The number of allylic oxidation sites excluding steroid dienone is 1. The number of rotatable bonds is 10. The highest BCUT2D eigenvalue weighted by atomic mass is 32.2. The summed E-state index contributed by atoms with van der Waals surface area (Å²) in [5.74, 6) is -1.74. The van der Waals surface area contributed by atoms with Crippen LogP contribution in [-0.4, -0.2) is 37.2 Å². The molecule has 7 nitrogen and oxygen atoms in total. The van der Waals surface area contributed by atoms with E-state index < -0.39 is 27.9 Å². The fourth-order valence-corrected chi connectivity index (χ4v) is 3.13. The number of sulfonamides is 1. The lowest BCUT2D eigenvalue weighted by atomic mass is 10.1. The minimum atomic E-state index is -3.46. The number of carboxylic acid groups (broad SMARTS) is 1. The second-order valence-electron chi connectivity index (χ2n) is 5.23. The van der Waals surface area contributed by atoms with Crippen molar-refractivity contribution in [2.45, 2.75) is 32.2 Å². The van der Waals surface area contributed by atoms with E-state index in [1.54, 1.807) is 13.0 Å². The normalized spacial score (nSPS) is 12.2. The van der Waals surface area contributed by atoms with Gasteiger partial charge in [-0.05, 0) is 37.5 Å². The van der Waals surface area contributed by atoms with Crippen molar-refractivity contribution in [3.05, 3.63) is 42.5 Å². The third-order valence-electron chi connectivity index (χ3n) is 3.13. The van der Waals surface area contributed by atoms with Crippen molar-refractivity contribution in [2.75, 3.05) is 10.5 Å². The Kier molecular flexibility index (Phi) is 7.44. The second kappa shape index (κ2) is 9.07. The lowest BCUT2D eigenvalue weighted by molar-refractivity contribution is -0.139. The maximum atomic E-state index is 12.2. The zero-order valence-corrected chi connectivity index (χ0v) is 14.3. The first-order valence-corrected chi connectivity index (χ1v) is 9.19. The molecule has 0 aromatic heterocycles. The van der Waals surface area contributed by atoms with Gasteiger partial charge in [0.05, 0.1) is 5.75 Å². The van der Waals surface area contributed by atoms with Gasteiger partial charge in [0.25, 0.3) is 5.91 Å². The number of carbonyl (C=O) groups excluding carboxylic acids is 1. The lowest BCUT2D eigenvalue weighted by Crippen LogP contribution is -2.40. The van der Waals surface area contributed by atoms with Crippen LogP contribution in [0.1, 0.15) is 36.5 Å². The molecule has 132 valence electrons. The first-order chi connectivity index (χ1) is 11.3. The third-order valence-corrected chi connectivity index (χ3v) is 4.63. The van der Waals surface area contributed by atoms with Crippen LogP contribution in [0.15, 0.2) is 36.9 Å². The topological polar surface area (TPSA) is 113 Å². The third kappa shape index (κ3) is 6.41. The molecule has 3 N–H and O–H groups in total. The Balaban J connectivity index is 2.86. The summed E-state index contributed by atoms with van der Waals surface area (Å²) in [6, 6.07) is 4.87. The number of anilines is 1. The SMILES string of the molecule is C=CCCC(NC(=O)c1cccc(NS(=O)(=O)CCC)c1)C(=O)O. The van der Waals surface area contributed by atoms with E-state index in [4.69, 9.17) is 5.11 Å². The molecule has 0 aliphatic heterocycles. The lowest BCUT2D eigenvalue weighted by Gasteiger charge is -2.14. The molecule has 0 saturated heterocycles. The minimum Gasteiger partial charge on any atom is -0.480 e. The minimum absolute atomic E-state index is 0.0218. The Morgan fingerprint density at radius 2 is 2.08 bits per heavy atom. The molecule has 0 spiro atoms. The van der Waals surface area contributed by atoms with Crippen molar-refractivity contribution in [2.24, 2.45) is 0 Å². The Morgan fingerprint density at radius 1 is 1.38 bits per heavy atom. The summed E-state index contributed by atoms with van der Waals surface area (Å²) in [5, 5.41) is 11.5. The average molecular weight is 354 g/mol. The summed E-state index contributed by atoms with van der Waals surface area (Å²) in [6.45, 7) is 5.27. The monoisotopic (exact) mass is 354 g/mol. The highest BCUT2D eigenvalue weighted by molar-refractivity contribution is 7.92. The smallest absolute Gasteiger partial charge is 0.326 e. The van der Waals surface area contributed by atoms with Crippen LogP contribution in [0.3, 0.4) is 0 Å². The van der Waals surface area contributed by atoms with Gasteiger partial charge in [0.1, 0.15) is 6.04 Å². The summed E-state index contributed by atoms with van der Waals surface area (Å²) >= 11 is 0. The molecule has 1 unspecified atom stereocenters. The van der Waals surface area contributed by atoms with Crippen LogP contribution in [0.4, 0.5) is 5.69 Å². The second-order valence-corrected chi connectivity index (χ2v) is 7.07. The van der Waals surface area contributed by atoms with Gasteiger partial charge in [-0.25, -0.2) is 13.2 Å². The number of aliphatic carboxylic acids is 1. The molecule has 0 saturated carbocycles. The van der Waals surface area contributed by atoms with Crippen LogP contribution in [0.5, 0.6) is 0 Å². The van der Waals surface area contributed by atoms with Gasteiger partial charge >= 0.3 is 5.97 Å². The van der Waals surface area contributed by atoms with Gasteiger partial charge in [-0.1, -0.05) is 19.1 Å². The number of hydrogen-bond donors (Lipinski definition) is 3. The Labute approximate surface area is 141 Å². The zero-order chi connectivity index (χ0) is 18.2. The summed E-state index contributed by atoms with van der Waals surface area (Å²) in [7, 11) is -3.46. The molecule has 1 aromatic carbocycles. The van der Waals surface area contributed by atoms with Crippen LogP contribution in [0.25, 0.3) is 0 Å². The molecular formula is C16H22N2O5S. The van der Waals surface area contributed by atoms with Gasteiger partial charge in [0, 0.05) is 11.3 Å². The number of carboxylic acids is 1. The van der Waals surface area contributed by atoms with Gasteiger partial charge in [-0.15, -0.1) is 6.58 Å². The van der Waals surface area contributed by atoms with Crippen LogP contribution in [0, 0.1) is 0 Å². The number of benzene rings is 1. The summed E-state index contributed by atoms with van der Waals surface area (Å²) in [5.41, 5.74) is 0.436. The van der Waals surface area contributed by atoms with Crippen LogP contribution >= 0.6 is 0 Å². The maximum absolute atomic E-state index is 12.2. The molecule has 0 fully saturated rings. The number of hydrogen-bond acceptors (Lipinski definition) is 4. The molecule has 0 heterocycles. The Morgan fingerprint density at radius 3 is 2.67 bits per heavy atom. The van der Waals surface area contributed by atoms with E-state index in [2.05, 4.69) is 16.6 Å². The summed E-state index contributed by atoms with van der Waals surface area (Å²) in [6.07, 6.45) is 2.73. The number of carbonyl (C=O) groups is 2. The van der Waals surface area contributed by atoms with Gasteiger partial charge < -0.3 is 10.4 Å². The molecule has 1 aromatic rings. The van der Waals surface area contributed by atoms with Crippen molar-refractivity contribution in [3.8, 4) is 0 Å². The molecule has 1 rings (SSSR count). The molecule has 0 aliphatic rings. The van der Waals surface area contributed by atoms with Crippen molar-refractivity contribution >= 4 is 27.6 Å². The molecule has 0 aliphatic carbocycles. The van der Waals surface area contributed by atoms with Gasteiger partial charge in [-0.2, -0.15) is 0 Å². The van der Waals surface area contributed by atoms with Crippen molar-refractivity contribution in [3.63, 3.8) is 0 Å². The van der Waals surface area contributed by atoms with Crippen LogP contribution in [0.2, 0.25) is 0 Å². The van der Waals surface area contributed by atoms with Gasteiger partial charge in [0.15, 0.2) is 0 Å². The molecule has 1 amide bonds. The fourth-order valence-electron chi connectivity index (χ4n) is 2.01. The summed E-state index contributed by atoms with van der Waals surface area (Å²) < 4.78 is 25.9. The van der Waals surface area contributed by atoms with Gasteiger partial charge in [0.2, 0.25) is 10.0 Å². The maximum Gasteiger partial charge on any atom is 0.326 e. The average Bonchev–Trinajstić information content (AvgIpc) is 2.50. The molecule has 8 heteroatoms. The number of nitrogens with one attached hydrogen (secondary N) is 2. The van der Waals surface area contributed by atoms with Crippen molar-refractivity contribution in [1.82, 2.24) is 5.32 Å². The van der Waals surface area contributed by atoms with E-state index in [-0.39, 0.29) is 23.4 Å². The van der Waals surface area contributed by atoms with E-state index in [1.165, 1.54) is 24.3 Å². The Hall–Kier alpha value is -2.35. The van der Waals surface area contributed by atoms with E-state index in [0.717, 1.165) is 0 Å². The Bertz CT molecular complexity index is 700. The van der Waals surface area contributed by atoms with E-state index >= 15 is 0 Å².